The molecule has 0 aromatic rings. The summed E-state index contributed by atoms with van der Waals surface area (Å²) in [5.41, 5.74) is 1.79. The molecule has 0 N–H and O–H groups in total. The Bertz CT molecular complexity index is 279. The average molecular weight is 210 g/mol. The van der Waals surface area contributed by atoms with E-state index in [0.29, 0.717) is 12.5 Å². The molecule has 15 heavy (non-hydrogen) atoms. The maximum Gasteiger partial charge on any atom is 0.309 e. The van der Waals surface area contributed by atoms with Crippen molar-refractivity contribution >= 4 is 12.3 Å². The molecule has 84 valence electrons. The number of aldehydes is 1. The van der Waals surface area contributed by atoms with Crippen LogP contribution < -0.4 is 0 Å². The summed E-state index contributed by atoms with van der Waals surface area (Å²) in [7, 11) is 0. The molecule has 3 nitrogen and oxygen atoms in total. The Hall–Kier alpha value is -1.12. The van der Waals surface area contributed by atoms with Crippen molar-refractivity contribution in [3.8, 4) is 0 Å². The van der Waals surface area contributed by atoms with Crippen LogP contribution in [0.1, 0.15) is 39.5 Å². The number of esters is 1. The number of rotatable bonds is 4. The predicted molar refractivity (Wildman–Crippen MR) is 57.4 cm³/mol. The Morgan fingerprint density at radius 2 is 2.33 bits per heavy atom. The molecule has 0 heterocycles. The van der Waals surface area contributed by atoms with Gasteiger partial charge in [0.15, 0.2) is 0 Å². The van der Waals surface area contributed by atoms with Gasteiger partial charge in [-0.3, -0.25) is 9.59 Å². The van der Waals surface area contributed by atoms with Gasteiger partial charge < -0.3 is 4.74 Å². The molecule has 1 rings (SSSR count). The van der Waals surface area contributed by atoms with Crippen LogP contribution in [0.25, 0.3) is 0 Å². The smallest absolute Gasteiger partial charge is 0.309 e. The van der Waals surface area contributed by atoms with Gasteiger partial charge in [0.1, 0.15) is 6.29 Å². The van der Waals surface area contributed by atoms with E-state index in [2.05, 4.69) is 6.92 Å². The first-order valence-electron chi connectivity index (χ1n) is 5.51. The van der Waals surface area contributed by atoms with E-state index in [1.807, 2.05) is 0 Å². The van der Waals surface area contributed by atoms with Crippen molar-refractivity contribution in [3.63, 3.8) is 0 Å². The Kier molecular flexibility index (Phi) is 4.53. The Morgan fingerprint density at radius 3 is 2.93 bits per heavy atom. The Labute approximate surface area is 90.5 Å². The van der Waals surface area contributed by atoms with E-state index in [1.54, 1.807) is 6.92 Å². The Morgan fingerprint density at radius 1 is 1.60 bits per heavy atom. The average Bonchev–Trinajstić information content (AvgIpc) is 2.21. The van der Waals surface area contributed by atoms with Crippen LogP contribution in [0.4, 0.5) is 0 Å². The van der Waals surface area contributed by atoms with Gasteiger partial charge in [0.05, 0.1) is 13.0 Å². The second kappa shape index (κ2) is 5.69. The van der Waals surface area contributed by atoms with E-state index in [9.17, 15) is 9.59 Å². The lowest BCUT2D eigenvalue weighted by Crippen LogP contribution is -2.15. The van der Waals surface area contributed by atoms with Gasteiger partial charge >= 0.3 is 5.97 Å². The molecule has 0 aliphatic heterocycles. The molecule has 1 atom stereocenters. The molecular formula is C12H18O3. The first-order chi connectivity index (χ1) is 7.19. The van der Waals surface area contributed by atoms with Gasteiger partial charge in [-0.1, -0.05) is 6.92 Å². The van der Waals surface area contributed by atoms with Gasteiger partial charge in [0, 0.05) is 0 Å². The van der Waals surface area contributed by atoms with Crippen LogP contribution in [0.15, 0.2) is 11.1 Å². The van der Waals surface area contributed by atoms with Crippen LogP contribution in [-0.4, -0.2) is 18.9 Å². The third kappa shape index (κ3) is 3.18. The fourth-order valence-electron chi connectivity index (χ4n) is 2.04. The van der Waals surface area contributed by atoms with Gasteiger partial charge in [-0.25, -0.2) is 0 Å². The lowest BCUT2D eigenvalue weighted by molar-refractivity contribution is -0.142. The zero-order chi connectivity index (χ0) is 11.3. The third-order valence-corrected chi connectivity index (χ3v) is 2.87. The summed E-state index contributed by atoms with van der Waals surface area (Å²) in [6.45, 7) is 4.26. The molecule has 0 bridgehead atoms. The molecule has 1 aliphatic rings. The van der Waals surface area contributed by atoms with Crippen LogP contribution in [0, 0.1) is 5.92 Å². The summed E-state index contributed by atoms with van der Waals surface area (Å²) in [5.74, 6) is 0.115. The van der Waals surface area contributed by atoms with Crippen molar-refractivity contribution in [2.24, 2.45) is 5.92 Å². The van der Waals surface area contributed by atoms with E-state index in [0.717, 1.165) is 36.7 Å². The van der Waals surface area contributed by atoms with Crippen molar-refractivity contribution in [3.05, 3.63) is 11.1 Å². The molecule has 0 aromatic heterocycles. The molecular weight excluding hydrogens is 192 g/mol. The van der Waals surface area contributed by atoms with Gasteiger partial charge in [0.2, 0.25) is 0 Å². The minimum atomic E-state index is -0.222. The van der Waals surface area contributed by atoms with Crippen molar-refractivity contribution < 1.29 is 14.3 Å². The van der Waals surface area contributed by atoms with E-state index in [1.165, 1.54) is 0 Å². The summed E-state index contributed by atoms with van der Waals surface area (Å²) in [6.07, 6.45) is 4.09. The van der Waals surface area contributed by atoms with Gasteiger partial charge in [-0.05, 0) is 43.3 Å². The first-order valence-corrected chi connectivity index (χ1v) is 5.51. The van der Waals surface area contributed by atoms with Crippen LogP contribution in [0.2, 0.25) is 0 Å². The van der Waals surface area contributed by atoms with Gasteiger partial charge in [-0.2, -0.15) is 0 Å². The predicted octanol–water partition coefficient (Wildman–Crippen LogP) is 2.26. The highest BCUT2D eigenvalue weighted by Gasteiger charge is 2.21. The van der Waals surface area contributed by atoms with Crippen LogP contribution in [0.5, 0.6) is 0 Å². The monoisotopic (exact) mass is 210 g/mol. The van der Waals surface area contributed by atoms with E-state index < -0.39 is 0 Å². The summed E-state index contributed by atoms with van der Waals surface area (Å²) < 4.78 is 4.90. The number of ether oxygens (including phenoxy) is 1. The Balaban J connectivity index is 2.73. The summed E-state index contributed by atoms with van der Waals surface area (Å²) in [6, 6.07) is 0. The molecule has 0 spiro atoms. The molecule has 3 heteroatoms. The van der Waals surface area contributed by atoms with Gasteiger partial charge in [0.25, 0.3) is 0 Å². The summed E-state index contributed by atoms with van der Waals surface area (Å²) in [5, 5.41) is 0. The SMILES string of the molecule is CCOC(=O)CC1=C(C=O)CCCC1C. The number of allylic oxidation sites excluding steroid dienone is 1. The first kappa shape index (κ1) is 12.0. The molecule has 0 amide bonds. The molecule has 0 radical (unpaired) electrons. The standard InChI is InChI=1S/C12H18O3/c1-3-15-12(14)7-11-9(2)5-4-6-10(11)8-13/h8-9H,3-7H2,1-2H3. The zero-order valence-corrected chi connectivity index (χ0v) is 9.41. The third-order valence-electron chi connectivity index (χ3n) is 2.87. The van der Waals surface area contributed by atoms with Crippen molar-refractivity contribution in [1.29, 1.82) is 0 Å². The number of hydrogen-bond acceptors (Lipinski definition) is 3. The largest absolute Gasteiger partial charge is 0.466 e. The lowest BCUT2D eigenvalue weighted by Gasteiger charge is -2.23. The normalized spacial score (nSPS) is 21.3. The number of carbonyl (C=O) groups is 2. The fourth-order valence-corrected chi connectivity index (χ4v) is 2.04. The van der Waals surface area contributed by atoms with Crippen LogP contribution >= 0.6 is 0 Å². The highest BCUT2D eigenvalue weighted by atomic mass is 16.5. The van der Waals surface area contributed by atoms with E-state index >= 15 is 0 Å². The van der Waals surface area contributed by atoms with E-state index in [-0.39, 0.29) is 12.4 Å². The minimum absolute atomic E-state index is 0.222. The highest BCUT2D eigenvalue weighted by Crippen LogP contribution is 2.31. The highest BCUT2D eigenvalue weighted by molar-refractivity contribution is 5.79. The summed E-state index contributed by atoms with van der Waals surface area (Å²) >= 11 is 0. The number of hydrogen-bond donors (Lipinski definition) is 0. The van der Waals surface area contributed by atoms with Crippen molar-refractivity contribution in [2.75, 3.05) is 6.61 Å². The molecule has 1 aliphatic carbocycles. The maximum absolute atomic E-state index is 11.3. The maximum atomic E-state index is 11.3. The molecule has 1 unspecified atom stereocenters. The molecule has 0 fully saturated rings. The molecule has 0 saturated carbocycles. The van der Waals surface area contributed by atoms with Crippen molar-refractivity contribution in [1.82, 2.24) is 0 Å². The van der Waals surface area contributed by atoms with Crippen LogP contribution in [0.3, 0.4) is 0 Å². The number of carbonyl (C=O) groups excluding carboxylic acids is 2. The lowest BCUT2D eigenvalue weighted by atomic mass is 9.83. The molecule has 0 aromatic carbocycles. The second-order valence-electron chi connectivity index (χ2n) is 3.94. The fraction of sp³-hybridized carbons (Fsp3) is 0.667. The van der Waals surface area contributed by atoms with Gasteiger partial charge in [-0.15, -0.1) is 0 Å². The second-order valence-corrected chi connectivity index (χ2v) is 3.94. The molecule has 0 saturated heterocycles. The summed E-state index contributed by atoms with van der Waals surface area (Å²) in [4.78, 5) is 22.2. The zero-order valence-electron chi connectivity index (χ0n) is 9.41. The quantitative estimate of drug-likeness (QED) is 0.528. The minimum Gasteiger partial charge on any atom is -0.466 e. The topological polar surface area (TPSA) is 43.4 Å². The van der Waals surface area contributed by atoms with Crippen molar-refractivity contribution in [2.45, 2.75) is 39.5 Å². The van der Waals surface area contributed by atoms with Crippen LogP contribution in [-0.2, 0) is 14.3 Å². The van der Waals surface area contributed by atoms with E-state index in [4.69, 9.17) is 4.74 Å².